The van der Waals surface area contributed by atoms with Crippen molar-refractivity contribution < 1.29 is 0 Å². The second-order valence-corrected chi connectivity index (χ2v) is 5.93. The van der Waals surface area contributed by atoms with Gasteiger partial charge in [0.1, 0.15) is 0 Å². The van der Waals surface area contributed by atoms with E-state index in [9.17, 15) is 0 Å². The van der Waals surface area contributed by atoms with Crippen molar-refractivity contribution in [2.24, 2.45) is 5.92 Å². The molecule has 1 aliphatic carbocycles. The minimum Gasteiger partial charge on any atom is -0.117 e. The maximum atomic E-state index is 6.80. The van der Waals surface area contributed by atoms with Crippen LogP contribution < -0.4 is 0 Å². The molecule has 2 aromatic carbocycles. The van der Waals surface area contributed by atoms with E-state index in [1.165, 1.54) is 47.6 Å². The summed E-state index contributed by atoms with van der Waals surface area (Å²) < 4.78 is 0. The number of hydrogen-bond donors (Lipinski definition) is 0. The summed E-state index contributed by atoms with van der Waals surface area (Å²) in [5.74, 6) is 0.663. The quantitative estimate of drug-likeness (QED) is 0.614. The molecule has 3 rings (SSSR count). The topological polar surface area (TPSA) is 0 Å². The predicted molar refractivity (Wildman–Crippen MR) is 79.2 cm³/mol. The summed E-state index contributed by atoms with van der Waals surface area (Å²) in [6.45, 7) is 2.19. The number of fused-ring (bicyclic) bond motifs is 1. The highest BCUT2D eigenvalue weighted by atomic mass is 35.5. The monoisotopic (exact) mass is 258 g/mol. The van der Waals surface area contributed by atoms with Crippen molar-refractivity contribution in [2.45, 2.75) is 38.0 Å². The molecule has 1 atom stereocenters. The Hall–Kier alpha value is -1.01. The Balaban J connectivity index is 2.11. The van der Waals surface area contributed by atoms with Gasteiger partial charge in [-0.25, -0.2) is 0 Å². The maximum Gasteiger partial charge on any atom is 0.0622 e. The SMILES string of the molecule is Cc1ccc2ccccc2c1C(Cl)C1CCCC1. The zero-order valence-corrected chi connectivity index (χ0v) is 11.6. The second-order valence-electron chi connectivity index (χ2n) is 5.46. The van der Waals surface area contributed by atoms with Gasteiger partial charge in [0.15, 0.2) is 0 Å². The van der Waals surface area contributed by atoms with Gasteiger partial charge in [-0.2, -0.15) is 0 Å². The number of hydrogen-bond acceptors (Lipinski definition) is 0. The fourth-order valence-electron chi connectivity index (χ4n) is 3.26. The van der Waals surface area contributed by atoms with Gasteiger partial charge in [0.2, 0.25) is 0 Å². The van der Waals surface area contributed by atoms with Crippen molar-refractivity contribution in [3.05, 3.63) is 47.5 Å². The van der Waals surface area contributed by atoms with Crippen LogP contribution in [0.5, 0.6) is 0 Å². The third-order valence-corrected chi connectivity index (χ3v) is 4.85. The normalized spacial score (nSPS) is 18.3. The fraction of sp³-hybridized carbons (Fsp3) is 0.412. The summed E-state index contributed by atoms with van der Waals surface area (Å²) in [7, 11) is 0. The Kier molecular flexibility index (Phi) is 3.30. The van der Waals surface area contributed by atoms with Crippen molar-refractivity contribution in [1.29, 1.82) is 0 Å². The summed E-state index contributed by atoms with van der Waals surface area (Å²) >= 11 is 6.80. The lowest BCUT2D eigenvalue weighted by atomic mass is 9.90. The molecule has 0 aliphatic heterocycles. The van der Waals surface area contributed by atoms with E-state index in [4.69, 9.17) is 11.6 Å². The lowest BCUT2D eigenvalue weighted by Gasteiger charge is -2.21. The van der Waals surface area contributed by atoms with Crippen molar-refractivity contribution >= 4 is 22.4 Å². The molecule has 0 amide bonds. The van der Waals surface area contributed by atoms with Crippen molar-refractivity contribution in [1.82, 2.24) is 0 Å². The molecule has 1 saturated carbocycles. The first-order chi connectivity index (χ1) is 8.77. The van der Waals surface area contributed by atoms with Gasteiger partial charge in [0.05, 0.1) is 5.38 Å². The summed E-state index contributed by atoms with van der Waals surface area (Å²) in [6, 6.07) is 13.0. The van der Waals surface area contributed by atoms with E-state index in [1.807, 2.05) is 0 Å². The second kappa shape index (κ2) is 4.93. The van der Waals surface area contributed by atoms with E-state index >= 15 is 0 Å². The molecule has 18 heavy (non-hydrogen) atoms. The van der Waals surface area contributed by atoms with Gasteiger partial charge in [0, 0.05) is 0 Å². The highest BCUT2D eigenvalue weighted by Gasteiger charge is 2.26. The zero-order chi connectivity index (χ0) is 12.5. The van der Waals surface area contributed by atoms with Crippen LogP contribution in [-0.2, 0) is 0 Å². The number of rotatable bonds is 2. The Morgan fingerprint density at radius 2 is 1.78 bits per heavy atom. The highest BCUT2D eigenvalue weighted by Crippen LogP contribution is 2.43. The van der Waals surface area contributed by atoms with E-state index in [0.29, 0.717) is 5.92 Å². The standard InChI is InChI=1S/C17H19Cl/c1-12-10-11-13-6-4-5-9-15(13)16(12)17(18)14-7-2-3-8-14/h4-6,9-11,14,17H,2-3,7-8H2,1H3. The molecule has 0 aromatic heterocycles. The van der Waals surface area contributed by atoms with E-state index in [0.717, 1.165) is 0 Å². The number of alkyl halides is 1. The van der Waals surface area contributed by atoms with Crippen LogP contribution in [0.3, 0.4) is 0 Å². The molecule has 94 valence electrons. The van der Waals surface area contributed by atoms with E-state index in [1.54, 1.807) is 0 Å². The van der Waals surface area contributed by atoms with E-state index < -0.39 is 0 Å². The third kappa shape index (κ3) is 2.03. The molecule has 0 heterocycles. The summed E-state index contributed by atoms with van der Waals surface area (Å²) in [4.78, 5) is 0. The average Bonchev–Trinajstić information content (AvgIpc) is 2.92. The molecule has 1 fully saturated rings. The average molecular weight is 259 g/mol. The lowest BCUT2D eigenvalue weighted by molar-refractivity contribution is 0.529. The van der Waals surface area contributed by atoms with Gasteiger partial charge in [-0.15, -0.1) is 11.6 Å². The third-order valence-electron chi connectivity index (χ3n) is 4.28. The largest absolute Gasteiger partial charge is 0.117 e. The van der Waals surface area contributed by atoms with Crippen LogP contribution in [0.25, 0.3) is 10.8 Å². The molecule has 1 aliphatic rings. The first kappa shape index (κ1) is 12.0. The number of benzene rings is 2. The molecule has 0 bridgehead atoms. The molecule has 0 N–H and O–H groups in total. The van der Waals surface area contributed by atoms with Crippen LogP contribution in [0.4, 0.5) is 0 Å². The van der Waals surface area contributed by atoms with Crippen molar-refractivity contribution in [3.63, 3.8) is 0 Å². The van der Waals surface area contributed by atoms with Gasteiger partial charge < -0.3 is 0 Å². The molecule has 2 aromatic rings. The molecule has 0 spiro atoms. The first-order valence-electron chi connectivity index (χ1n) is 6.89. The minimum absolute atomic E-state index is 0.179. The molecule has 1 unspecified atom stereocenters. The molecule has 1 heteroatoms. The number of aryl methyl sites for hydroxylation is 1. The van der Waals surface area contributed by atoms with Gasteiger partial charge >= 0.3 is 0 Å². The van der Waals surface area contributed by atoms with Crippen LogP contribution in [-0.4, -0.2) is 0 Å². The van der Waals surface area contributed by atoms with Gasteiger partial charge in [-0.1, -0.05) is 49.2 Å². The van der Waals surface area contributed by atoms with E-state index in [2.05, 4.69) is 43.3 Å². The smallest absolute Gasteiger partial charge is 0.0622 e. The Morgan fingerprint density at radius 1 is 1.06 bits per heavy atom. The maximum absolute atomic E-state index is 6.80. The molecule has 0 saturated heterocycles. The van der Waals surface area contributed by atoms with Crippen molar-refractivity contribution in [2.75, 3.05) is 0 Å². The molecular weight excluding hydrogens is 240 g/mol. The van der Waals surface area contributed by atoms with Crippen LogP contribution >= 0.6 is 11.6 Å². The van der Waals surface area contributed by atoms with Gasteiger partial charge in [-0.3, -0.25) is 0 Å². The fourth-order valence-corrected chi connectivity index (χ4v) is 3.80. The summed E-state index contributed by atoms with van der Waals surface area (Å²) in [5, 5.41) is 2.82. The highest BCUT2D eigenvalue weighted by molar-refractivity contribution is 6.22. The zero-order valence-electron chi connectivity index (χ0n) is 10.8. The summed E-state index contributed by atoms with van der Waals surface area (Å²) in [5.41, 5.74) is 2.70. The van der Waals surface area contributed by atoms with Gasteiger partial charge in [-0.05, 0) is 47.6 Å². The molecule has 0 nitrogen and oxygen atoms in total. The lowest BCUT2D eigenvalue weighted by Crippen LogP contribution is -2.06. The molecule has 0 radical (unpaired) electrons. The first-order valence-corrected chi connectivity index (χ1v) is 7.33. The van der Waals surface area contributed by atoms with Crippen LogP contribution in [0.1, 0.15) is 42.2 Å². The number of halogens is 1. The van der Waals surface area contributed by atoms with Crippen LogP contribution in [0, 0.1) is 12.8 Å². The van der Waals surface area contributed by atoms with E-state index in [-0.39, 0.29) is 5.38 Å². The Morgan fingerprint density at radius 3 is 2.56 bits per heavy atom. The molecular formula is C17H19Cl. The van der Waals surface area contributed by atoms with Crippen LogP contribution in [0.2, 0.25) is 0 Å². The van der Waals surface area contributed by atoms with Gasteiger partial charge in [0.25, 0.3) is 0 Å². The Bertz CT molecular complexity index is 553. The predicted octanol–water partition coefficient (Wildman–Crippen LogP) is 5.62. The Labute approximate surface area is 114 Å². The van der Waals surface area contributed by atoms with Crippen LogP contribution in [0.15, 0.2) is 36.4 Å². The van der Waals surface area contributed by atoms with Crippen molar-refractivity contribution in [3.8, 4) is 0 Å². The minimum atomic E-state index is 0.179. The summed E-state index contributed by atoms with van der Waals surface area (Å²) in [6.07, 6.45) is 5.27.